The second-order valence-corrected chi connectivity index (χ2v) is 10.2. The fourth-order valence-electron chi connectivity index (χ4n) is 4.47. The lowest BCUT2D eigenvalue weighted by Crippen LogP contribution is -3.15. The first kappa shape index (κ1) is 21.1. The Labute approximate surface area is 168 Å². The highest BCUT2D eigenvalue weighted by Crippen LogP contribution is 2.20. The van der Waals surface area contributed by atoms with Gasteiger partial charge in [0.05, 0.1) is 25.1 Å². The fourth-order valence-corrected chi connectivity index (χ4v) is 5.89. The number of nitrogens with one attached hydrogen (secondary N) is 1. The van der Waals surface area contributed by atoms with Crippen LogP contribution in [0, 0.1) is 11.8 Å². The van der Waals surface area contributed by atoms with Crippen molar-refractivity contribution in [1.82, 2.24) is 9.21 Å². The summed E-state index contributed by atoms with van der Waals surface area (Å²) in [4.78, 5) is 16.1. The molecular weight excluding hydrogens is 378 g/mol. The van der Waals surface area contributed by atoms with E-state index in [0.29, 0.717) is 50.3 Å². The van der Waals surface area contributed by atoms with Gasteiger partial charge in [0.15, 0.2) is 6.54 Å². The summed E-state index contributed by atoms with van der Waals surface area (Å²) in [7, 11) is -2.00. The zero-order valence-electron chi connectivity index (χ0n) is 17.1. The highest BCUT2D eigenvalue weighted by atomic mass is 32.2. The summed E-state index contributed by atoms with van der Waals surface area (Å²) in [6.07, 6.45) is 1.24. The molecule has 0 radical (unpaired) electrons. The molecule has 2 atom stereocenters. The Bertz CT molecular complexity index is 763. The minimum absolute atomic E-state index is 0.137. The van der Waals surface area contributed by atoms with Gasteiger partial charge in [-0.25, -0.2) is 8.42 Å². The molecular formula is C20H32N3O4S+. The molecule has 0 bridgehead atoms. The number of methoxy groups -OCH3 is 1. The predicted octanol–water partition coefficient (Wildman–Crippen LogP) is 0.0889. The zero-order chi connectivity index (χ0) is 20.3. The molecule has 0 saturated carbocycles. The number of piperidine rings is 1. The van der Waals surface area contributed by atoms with Crippen LogP contribution >= 0.6 is 0 Å². The van der Waals surface area contributed by atoms with Crippen LogP contribution in [-0.4, -0.2) is 76.5 Å². The number of quaternary nitrogens is 1. The highest BCUT2D eigenvalue weighted by Gasteiger charge is 2.32. The van der Waals surface area contributed by atoms with Crippen molar-refractivity contribution in [2.45, 2.75) is 25.2 Å². The number of sulfonamides is 1. The van der Waals surface area contributed by atoms with Crippen molar-refractivity contribution in [3.63, 3.8) is 0 Å². The van der Waals surface area contributed by atoms with Crippen LogP contribution in [0.5, 0.6) is 5.75 Å². The maximum Gasteiger partial charge on any atom is 0.277 e. The minimum Gasteiger partial charge on any atom is -0.497 e. The molecule has 1 N–H and O–H groups in total. The van der Waals surface area contributed by atoms with E-state index in [4.69, 9.17) is 4.74 Å². The molecule has 156 valence electrons. The second-order valence-electron chi connectivity index (χ2n) is 8.24. The molecule has 2 fully saturated rings. The van der Waals surface area contributed by atoms with Gasteiger partial charge in [-0.1, -0.05) is 13.8 Å². The number of carbonyl (C=O) groups is 1. The number of nitrogens with zero attached hydrogens (tertiary/aromatic N) is 2. The fraction of sp³-hybridized carbons (Fsp3) is 0.650. The van der Waals surface area contributed by atoms with Crippen molar-refractivity contribution < 1.29 is 22.8 Å². The van der Waals surface area contributed by atoms with E-state index in [2.05, 4.69) is 13.8 Å². The molecule has 1 aromatic rings. The summed E-state index contributed by atoms with van der Waals surface area (Å²) >= 11 is 0. The van der Waals surface area contributed by atoms with Crippen LogP contribution < -0.4 is 9.64 Å². The van der Waals surface area contributed by atoms with Crippen molar-refractivity contribution in [1.29, 1.82) is 0 Å². The predicted molar refractivity (Wildman–Crippen MR) is 107 cm³/mol. The van der Waals surface area contributed by atoms with Gasteiger partial charge in [-0.3, -0.25) is 4.79 Å². The van der Waals surface area contributed by atoms with Gasteiger partial charge in [-0.2, -0.15) is 4.31 Å². The van der Waals surface area contributed by atoms with Crippen LogP contribution in [0.4, 0.5) is 0 Å². The smallest absolute Gasteiger partial charge is 0.277 e. The molecule has 2 aliphatic rings. The largest absolute Gasteiger partial charge is 0.497 e. The van der Waals surface area contributed by atoms with Gasteiger partial charge >= 0.3 is 0 Å². The quantitative estimate of drug-likeness (QED) is 0.747. The van der Waals surface area contributed by atoms with E-state index in [-0.39, 0.29) is 10.8 Å². The molecule has 0 aromatic heterocycles. The first-order valence-corrected chi connectivity index (χ1v) is 11.5. The van der Waals surface area contributed by atoms with E-state index in [1.165, 1.54) is 15.6 Å². The van der Waals surface area contributed by atoms with Crippen molar-refractivity contribution in [2.75, 3.05) is 52.9 Å². The summed E-state index contributed by atoms with van der Waals surface area (Å²) in [5, 5.41) is 0. The van der Waals surface area contributed by atoms with Gasteiger partial charge in [0.2, 0.25) is 10.0 Å². The first-order valence-electron chi connectivity index (χ1n) is 10.0. The zero-order valence-corrected chi connectivity index (χ0v) is 17.9. The van der Waals surface area contributed by atoms with Crippen LogP contribution in [0.1, 0.15) is 20.3 Å². The third kappa shape index (κ3) is 4.85. The van der Waals surface area contributed by atoms with Crippen molar-refractivity contribution >= 4 is 15.9 Å². The second kappa shape index (κ2) is 8.80. The standard InChI is InChI=1S/C20H31N3O4S/c1-16-12-17(2)14-21(13-16)15-20(24)22-8-10-23(11-9-22)28(25,26)19-6-4-18(27-3)5-7-19/h4-7,16-17H,8-15H2,1-3H3/p+1/t16-,17-/m0/s1. The van der Waals surface area contributed by atoms with Crippen LogP contribution in [0.15, 0.2) is 29.2 Å². The van der Waals surface area contributed by atoms with Crippen LogP contribution in [0.3, 0.4) is 0 Å². The van der Waals surface area contributed by atoms with Gasteiger partial charge in [0, 0.05) is 38.0 Å². The molecule has 1 aromatic carbocycles. The number of hydrogen-bond acceptors (Lipinski definition) is 4. The molecule has 0 aliphatic carbocycles. The van der Waals surface area contributed by atoms with E-state index in [9.17, 15) is 13.2 Å². The number of rotatable bonds is 5. The van der Waals surface area contributed by atoms with Crippen LogP contribution in [0.25, 0.3) is 0 Å². The Morgan fingerprint density at radius 1 is 1.07 bits per heavy atom. The van der Waals surface area contributed by atoms with E-state index in [0.717, 1.165) is 13.1 Å². The Morgan fingerprint density at radius 2 is 1.64 bits per heavy atom. The number of piperazine rings is 1. The molecule has 3 rings (SSSR count). The van der Waals surface area contributed by atoms with E-state index in [1.807, 2.05) is 4.90 Å². The Hall–Kier alpha value is -1.64. The molecule has 8 heteroatoms. The van der Waals surface area contributed by atoms with Gasteiger partial charge in [0.25, 0.3) is 5.91 Å². The topological polar surface area (TPSA) is 71.4 Å². The number of hydrogen-bond donors (Lipinski definition) is 1. The highest BCUT2D eigenvalue weighted by molar-refractivity contribution is 7.89. The summed E-state index contributed by atoms with van der Waals surface area (Å²) in [6.45, 7) is 8.68. The van der Waals surface area contributed by atoms with E-state index >= 15 is 0 Å². The summed E-state index contributed by atoms with van der Waals surface area (Å²) < 4.78 is 32.2. The van der Waals surface area contributed by atoms with Crippen molar-refractivity contribution in [2.24, 2.45) is 11.8 Å². The molecule has 0 spiro atoms. The third-order valence-corrected chi connectivity index (χ3v) is 7.68. The van der Waals surface area contributed by atoms with Gasteiger partial charge in [0.1, 0.15) is 5.75 Å². The van der Waals surface area contributed by atoms with Gasteiger partial charge in [-0.05, 0) is 30.7 Å². The molecule has 0 unspecified atom stereocenters. The third-order valence-electron chi connectivity index (χ3n) is 5.77. The molecule has 7 nitrogen and oxygen atoms in total. The molecule has 2 aliphatic heterocycles. The first-order chi connectivity index (χ1) is 13.3. The minimum atomic E-state index is -3.54. The van der Waals surface area contributed by atoms with Crippen LogP contribution in [-0.2, 0) is 14.8 Å². The molecule has 2 saturated heterocycles. The number of benzene rings is 1. The molecule has 1 amide bonds. The molecule has 2 heterocycles. The van der Waals surface area contributed by atoms with E-state index < -0.39 is 10.0 Å². The SMILES string of the molecule is COc1ccc(S(=O)(=O)N2CCN(C(=O)C[NH+]3C[C@@H](C)C[C@H](C)C3)CC2)cc1. The van der Waals surface area contributed by atoms with Crippen molar-refractivity contribution in [3.8, 4) is 5.75 Å². The normalized spacial score (nSPS) is 26.8. The summed E-state index contributed by atoms with van der Waals surface area (Å²) in [5.41, 5.74) is 0. The average Bonchev–Trinajstić information content (AvgIpc) is 2.67. The van der Waals surface area contributed by atoms with Crippen molar-refractivity contribution in [3.05, 3.63) is 24.3 Å². The number of amides is 1. The van der Waals surface area contributed by atoms with E-state index in [1.54, 1.807) is 31.4 Å². The van der Waals surface area contributed by atoms with Crippen LogP contribution in [0.2, 0.25) is 0 Å². The lowest BCUT2D eigenvalue weighted by Gasteiger charge is -2.36. The van der Waals surface area contributed by atoms with Gasteiger partial charge < -0.3 is 14.5 Å². The average molecular weight is 411 g/mol. The lowest BCUT2D eigenvalue weighted by molar-refractivity contribution is -0.904. The maximum atomic E-state index is 12.8. The number of ether oxygens (including phenoxy) is 1. The summed E-state index contributed by atoms with van der Waals surface area (Å²) in [5.74, 6) is 2.06. The Kier molecular flexibility index (Phi) is 6.62. The number of carbonyl (C=O) groups excluding carboxylic acids is 1. The maximum absolute atomic E-state index is 12.8. The Morgan fingerprint density at radius 3 is 2.18 bits per heavy atom. The Balaban J connectivity index is 1.55. The van der Waals surface area contributed by atoms with Gasteiger partial charge in [-0.15, -0.1) is 0 Å². The molecule has 28 heavy (non-hydrogen) atoms. The summed E-state index contributed by atoms with van der Waals surface area (Å²) in [6, 6.07) is 6.42. The lowest BCUT2D eigenvalue weighted by atomic mass is 9.92. The monoisotopic (exact) mass is 410 g/mol. The number of likely N-dealkylation sites (tertiary alicyclic amines) is 1.